The molecule has 1 N–H and O–H groups in total. The summed E-state index contributed by atoms with van der Waals surface area (Å²) < 4.78 is 17.6. The van der Waals surface area contributed by atoms with Gasteiger partial charge in [-0.15, -0.1) is 11.3 Å². The number of nitrogens with one attached hydrogen (secondary N) is 1. The average molecular weight is 464 g/mol. The van der Waals surface area contributed by atoms with Gasteiger partial charge in [-0.25, -0.2) is 4.98 Å². The van der Waals surface area contributed by atoms with Crippen molar-refractivity contribution in [2.45, 2.75) is 0 Å². The van der Waals surface area contributed by atoms with Crippen LogP contribution in [0.5, 0.6) is 23.1 Å². The number of methoxy groups -OCH3 is 2. The smallest absolute Gasteiger partial charge is 0.242 e. The molecule has 0 bridgehead atoms. The van der Waals surface area contributed by atoms with Crippen LogP contribution in [-0.4, -0.2) is 24.2 Å². The zero-order chi connectivity index (χ0) is 22.7. The average Bonchev–Trinajstić information content (AvgIpc) is 3.20. The van der Waals surface area contributed by atoms with Crippen molar-refractivity contribution in [3.05, 3.63) is 57.9 Å². The maximum atomic E-state index is 9.25. The van der Waals surface area contributed by atoms with Gasteiger partial charge < -0.3 is 19.5 Å². The number of ether oxygens (including phenoxy) is 3. The second-order valence-corrected chi connectivity index (χ2v) is 7.64. The van der Waals surface area contributed by atoms with Gasteiger partial charge in [-0.05, 0) is 24.3 Å². The van der Waals surface area contributed by atoms with E-state index in [1.165, 1.54) is 25.6 Å². The molecule has 10 heteroatoms. The van der Waals surface area contributed by atoms with Crippen molar-refractivity contribution in [3.63, 3.8) is 0 Å². The minimum Gasteiger partial charge on any atom is -0.493 e. The van der Waals surface area contributed by atoms with E-state index in [1.807, 2.05) is 0 Å². The van der Waals surface area contributed by atoms with Crippen LogP contribution in [-0.2, 0) is 0 Å². The summed E-state index contributed by atoms with van der Waals surface area (Å²) in [5.74, 6) is 1.39. The van der Waals surface area contributed by atoms with Crippen LogP contribution in [0.3, 0.4) is 0 Å². The molecule has 0 saturated heterocycles. The molecule has 2 heterocycles. The van der Waals surface area contributed by atoms with Crippen LogP contribution in [0.15, 0.2) is 41.8 Å². The molecule has 0 aliphatic carbocycles. The van der Waals surface area contributed by atoms with E-state index < -0.39 is 0 Å². The van der Waals surface area contributed by atoms with Crippen LogP contribution in [0, 0.1) is 22.7 Å². The van der Waals surface area contributed by atoms with Gasteiger partial charge in [0.1, 0.15) is 10.2 Å². The minimum absolute atomic E-state index is 0.240. The quantitative estimate of drug-likeness (QED) is 0.390. The number of hydrogen-bond donors (Lipinski definition) is 1. The summed E-state index contributed by atoms with van der Waals surface area (Å²) in [5, 5.41) is 23.5. The lowest BCUT2D eigenvalue weighted by molar-refractivity contribution is 0.343. The third kappa shape index (κ3) is 4.08. The van der Waals surface area contributed by atoms with Gasteiger partial charge in [0.15, 0.2) is 11.5 Å². The Morgan fingerprint density at radius 1 is 0.969 bits per heavy atom. The van der Waals surface area contributed by atoms with Crippen LogP contribution in [0.1, 0.15) is 11.1 Å². The van der Waals surface area contributed by atoms with E-state index in [4.69, 9.17) is 31.1 Å². The van der Waals surface area contributed by atoms with E-state index in [0.29, 0.717) is 43.6 Å². The first-order valence-electron chi connectivity index (χ1n) is 9.12. The molecule has 4 aromatic rings. The fourth-order valence-electron chi connectivity index (χ4n) is 2.89. The third-order valence-electron chi connectivity index (χ3n) is 4.40. The van der Waals surface area contributed by atoms with Crippen LogP contribution < -0.4 is 19.5 Å². The van der Waals surface area contributed by atoms with E-state index >= 15 is 0 Å². The van der Waals surface area contributed by atoms with Gasteiger partial charge in [0.25, 0.3) is 0 Å². The maximum absolute atomic E-state index is 9.25. The van der Waals surface area contributed by atoms with Gasteiger partial charge in [-0.1, -0.05) is 11.6 Å². The van der Waals surface area contributed by atoms with E-state index in [9.17, 15) is 5.26 Å². The predicted octanol–water partition coefficient (Wildman–Crippen LogP) is 5.64. The fraction of sp³-hybridized carbons (Fsp3) is 0.0909. The summed E-state index contributed by atoms with van der Waals surface area (Å²) in [5.41, 5.74) is 2.11. The molecule has 0 saturated carbocycles. The number of nitriles is 2. The summed E-state index contributed by atoms with van der Waals surface area (Å²) in [7, 11) is 2.94. The lowest BCUT2D eigenvalue weighted by atomic mass is 10.2. The second kappa shape index (κ2) is 8.98. The summed E-state index contributed by atoms with van der Waals surface area (Å²) >= 11 is 7.67. The number of hydrogen-bond acceptors (Lipinski definition) is 9. The molecule has 4 rings (SSSR count). The molecule has 0 aliphatic rings. The molecular formula is C22H14ClN5O3S. The van der Waals surface area contributed by atoms with Gasteiger partial charge in [-0.3, -0.25) is 0 Å². The number of anilines is 2. The number of halogens is 1. The van der Waals surface area contributed by atoms with Crippen LogP contribution >= 0.6 is 22.9 Å². The zero-order valence-corrected chi connectivity index (χ0v) is 18.4. The monoisotopic (exact) mass is 463 g/mol. The first kappa shape index (κ1) is 21.2. The Morgan fingerprint density at radius 2 is 1.62 bits per heavy atom. The molecule has 0 amide bonds. The number of thiophene rings is 1. The Kier molecular flexibility index (Phi) is 5.95. The van der Waals surface area contributed by atoms with Crippen LogP contribution in [0.2, 0.25) is 5.02 Å². The molecule has 0 atom stereocenters. The molecule has 158 valence electrons. The van der Waals surface area contributed by atoms with Crippen molar-refractivity contribution in [3.8, 4) is 35.3 Å². The lowest BCUT2D eigenvalue weighted by Gasteiger charge is -2.15. The maximum Gasteiger partial charge on any atom is 0.242 e. The molecule has 0 aliphatic heterocycles. The molecule has 2 aromatic carbocycles. The Bertz CT molecular complexity index is 1360. The predicted molar refractivity (Wildman–Crippen MR) is 121 cm³/mol. The van der Waals surface area contributed by atoms with Gasteiger partial charge in [0, 0.05) is 23.2 Å². The van der Waals surface area contributed by atoms with Gasteiger partial charge >= 0.3 is 0 Å². The van der Waals surface area contributed by atoms with Crippen molar-refractivity contribution < 1.29 is 14.2 Å². The van der Waals surface area contributed by atoms with Crippen molar-refractivity contribution in [2.24, 2.45) is 0 Å². The normalized spacial score (nSPS) is 10.3. The van der Waals surface area contributed by atoms with E-state index in [2.05, 4.69) is 27.4 Å². The third-order valence-corrected chi connectivity index (χ3v) is 5.77. The molecule has 2 aromatic heterocycles. The number of rotatable bonds is 6. The number of benzene rings is 2. The summed E-state index contributed by atoms with van der Waals surface area (Å²) in [6.45, 7) is 0. The first-order valence-corrected chi connectivity index (χ1v) is 10.4. The van der Waals surface area contributed by atoms with Crippen molar-refractivity contribution in [1.29, 1.82) is 10.5 Å². The van der Waals surface area contributed by atoms with Gasteiger partial charge in [0.05, 0.1) is 42.5 Å². The summed E-state index contributed by atoms with van der Waals surface area (Å²) in [6, 6.07) is 14.1. The molecular weight excluding hydrogens is 450 g/mol. The SMILES string of the molecule is COc1cc(C#N)cc(OC)c1Oc1nc(Nc2ccc(C#N)cc2)nc2c(Cl)csc12. The van der Waals surface area contributed by atoms with Crippen molar-refractivity contribution in [1.82, 2.24) is 9.97 Å². The fourth-order valence-corrected chi connectivity index (χ4v) is 4.00. The molecule has 0 fully saturated rings. The molecule has 0 spiro atoms. The standard InChI is InChI=1S/C22H14ClN5O3S/c1-29-16-7-13(10-25)8-17(30-2)19(16)31-21-20-18(15(23)11-32-20)27-22(28-21)26-14-5-3-12(9-24)4-6-14/h3-8,11H,1-2H3,(H,26,27,28). The summed E-state index contributed by atoms with van der Waals surface area (Å²) in [4.78, 5) is 9.00. The Morgan fingerprint density at radius 3 is 2.22 bits per heavy atom. The largest absolute Gasteiger partial charge is 0.493 e. The Hall–Kier alpha value is -4.05. The van der Waals surface area contributed by atoms with Crippen LogP contribution in [0.4, 0.5) is 11.6 Å². The van der Waals surface area contributed by atoms with Crippen LogP contribution in [0.25, 0.3) is 10.2 Å². The summed E-state index contributed by atoms with van der Waals surface area (Å²) in [6.07, 6.45) is 0. The van der Waals surface area contributed by atoms with Crippen molar-refractivity contribution in [2.75, 3.05) is 19.5 Å². The van der Waals surface area contributed by atoms with Crippen molar-refractivity contribution >= 4 is 44.8 Å². The van der Waals surface area contributed by atoms with Gasteiger partial charge in [-0.2, -0.15) is 15.5 Å². The Balaban J connectivity index is 1.79. The van der Waals surface area contributed by atoms with Gasteiger partial charge in [0.2, 0.25) is 17.6 Å². The van der Waals surface area contributed by atoms with E-state index in [0.717, 1.165) is 0 Å². The number of fused-ring (bicyclic) bond motifs is 1. The molecule has 0 radical (unpaired) electrons. The highest BCUT2D eigenvalue weighted by Crippen LogP contribution is 2.44. The molecule has 8 nitrogen and oxygen atoms in total. The highest BCUT2D eigenvalue weighted by Gasteiger charge is 2.20. The molecule has 0 unspecified atom stereocenters. The zero-order valence-electron chi connectivity index (χ0n) is 16.8. The molecule has 32 heavy (non-hydrogen) atoms. The number of aromatic nitrogens is 2. The Labute approximate surface area is 192 Å². The highest BCUT2D eigenvalue weighted by atomic mass is 35.5. The van der Waals surface area contributed by atoms with E-state index in [1.54, 1.807) is 41.8 Å². The highest BCUT2D eigenvalue weighted by molar-refractivity contribution is 7.18. The topological polar surface area (TPSA) is 113 Å². The minimum atomic E-state index is 0.240. The second-order valence-electron chi connectivity index (χ2n) is 6.35. The van der Waals surface area contributed by atoms with E-state index in [-0.39, 0.29) is 17.6 Å². The number of nitrogens with zero attached hydrogens (tertiary/aromatic N) is 4. The first-order chi connectivity index (χ1) is 15.6. The lowest BCUT2D eigenvalue weighted by Crippen LogP contribution is -2.01.